The monoisotopic (exact) mass is 336 g/mol. The standard InChI is InChI=1S/C20H36N2O2/c1-20(12-6-2-3-7-13-20)19(24)21-16-10-14-22(15-11-16)17-8-4-5-9-18(17)23/h16-18,23H,2-15H2,1H3,(H,21,24). The fourth-order valence-corrected chi connectivity index (χ4v) is 4.99. The lowest BCUT2D eigenvalue weighted by molar-refractivity contribution is -0.132. The molecule has 3 rings (SSSR count). The quantitative estimate of drug-likeness (QED) is 0.778. The normalized spacial score (nSPS) is 32.9. The molecule has 3 aliphatic rings. The average molecular weight is 337 g/mol. The first-order valence-corrected chi connectivity index (χ1v) is 10.3. The highest BCUT2D eigenvalue weighted by Crippen LogP contribution is 2.35. The number of hydrogen-bond donors (Lipinski definition) is 2. The molecule has 0 aromatic carbocycles. The van der Waals surface area contributed by atoms with Crippen LogP contribution >= 0.6 is 0 Å². The lowest BCUT2D eigenvalue weighted by atomic mass is 9.81. The number of aliphatic hydroxyl groups excluding tert-OH is 1. The molecule has 2 aliphatic carbocycles. The number of likely N-dealkylation sites (tertiary alicyclic amines) is 1. The van der Waals surface area contributed by atoms with Gasteiger partial charge in [0.2, 0.25) is 5.91 Å². The summed E-state index contributed by atoms with van der Waals surface area (Å²) in [5, 5.41) is 13.6. The zero-order valence-corrected chi connectivity index (χ0v) is 15.4. The number of piperidine rings is 1. The number of carbonyl (C=O) groups is 1. The Morgan fingerprint density at radius 1 is 0.958 bits per heavy atom. The van der Waals surface area contributed by atoms with E-state index in [0.29, 0.717) is 18.0 Å². The first-order chi connectivity index (χ1) is 11.6. The van der Waals surface area contributed by atoms with E-state index in [1.165, 1.54) is 38.5 Å². The number of rotatable bonds is 3. The summed E-state index contributed by atoms with van der Waals surface area (Å²) in [4.78, 5) is 15.3. The molecule has 1 amide bonds. The molecule has 2 saturated carbocycles. The predicted molar refractivity (Wildman–Crippen MR) is 96.8 cm³/mol. The maximum Gasteiger partial charge on any atom is 0.226 e. The fourth-order valence-electron chi connectivity index (χ4n) is 4.99. The molecule has 0 aromatic rings. The SMILES string of the molecule is CC1(C(=O)NC2CCN(C3CCCCC3O)CC2)CCCCCC1. The first-order valence-electron chi connectivity index (χ1n) is 10.3. The molecule has 1 saturated heterocycles. The topological polar surface area (TPSA) is 52.6 Å². The predicted octanol–water partition coefficient (Wildman–Crippen LogP) is 3.23. The highest BCUT2D eigenvalue weighted by molar-refractivity contribution is 5.82. The maximum atomic E-state index is 12.8. The van der Waals surface area contributed by atoms with E-state index in [1.807, 2.05) is 0 Å². The van der Waals surface area contributed by atoms with Crippen molar-refractivity contribution in [1.29, 1.82) is 0 Å². The van der Waals surface area contributed by atoms with Crippen molar-refractivity contribution in [2.24, 2.45) is 5.41 Å². The fraction of sp³-hybridized carbons (Fsp3) is 0.950. The highest BCUT2D eigenvalue weighted by Gasteiger charge is 2.36. The smallest absolute Gasteiger partial charge is 0.226 e. The molecule has 1 heterocycles. The molecule has 24 heavy (non-hydrogen) atoms. The summed E-state index contributed by atoms with van der Waals surface area (Å²) in [5.74, 6) is 0.292. The maximum absolute atomic E-state index is 12.8. The van der Waals surface area contributed by atoms with E-state index >= 15 is 0 Å². The Morgan fingerprint density at radius 3 is 2.21 bits per heavy atom. The summed E-state index contributed by atoms with van der Waals surface area (Å²) in [7, 11) is 0. The Hall–Kier alpha value is -0.610. The van der Waals surface area contributed by atoms with Crippen LogP contribution in [0.1, 0.15) is 84.0 Å². The van der Waals surface area contributed by atoms with Crippen LogP contribution in [0.3, 0.4) is 0 Å². The van der Waals surface area contributed by atoms with Crippen molar-refractivity contribution in [2.75, 3.05) is 13.1 Å². The van der Waals surface area contributed by atoms with Crippen molar-refractivity contribution in [2.45, 2.75) is 102 Å². The van der Waals surface area contributed by atoms with Crippen molar-refractivity contribution < 1.29 is 9.90 Å². The van der Waals surface area contributed by atoms with Crippen LogP contribution in [0.25, 0.3) is 0 Å². The van der Waals surface area contributed by atoms with Crippen LogP contribution < -0.4 is 5.32 Å². The van der Waals surface area contributed by atoms with Gasteiger partial charge in [-0.15, -0.1) is 0 Å². The van der Waals surface area contributed by atoms with Crippen LogP contribution in [0.5, 0.6) is 0 Å². The van der Waals surface area contributed by atoms with Crippen molar-refractivity contribution in [3.63, 3.8) is 0 Å². The average Bonchev–Trinajstić information content (AvgIpc) is 2.82. The summed E-state index contributed by atoms with van der Waals surface area (Å²) in [5.41, 5.74) is -0.146. The van der Waals surface area contributed by atoms with Gasteiger partial charge in [-0.3, -0.25) is 9.69 Å². The van der Waals surface area contributed by atoms with E-state index in [9.17, 15) is 9.90 Å². The zero-order valence-electron chi connectivity index (χ0n) is 15.4. The van der Waals surface area contributed by atoms with Crippen LogP contribution in [-0.2, 0) is 4.79 Å². The van der Waals surface area contributed by atoms with Gasteiger partial charge in [0.1, 0.15) is 0 Å². The summed E-state index contributed by atoms with van der Waals surface area (Å²) in [6.45, 7) is 4.20. The third-order valence-corrected chi connectivity index (χ3v) is 6.78. The van der Waals surface area contributed by atoms with Crippen molar-refractivity contribution in [3.8, 4) is 0 Å². The lowest BCUT2D eigenvalue weighted by Gasteiger charge is -2.42. The number of carbonyl (C=O) groups excluding carboxylic acids is 1. The number of aliphatic hydroxyl groups is 1. The van der Waals surface area contributed by atoms with Gasteiger partial charge in [-0.2, -0.15) is 0 Å². The van der Waals surface area contributed by atoms with Crippen LogP contribution in [0, 0.1) is 5.41 Å². The van der Waals surface area contributed by atoms with Gasteiger partial charge in [0.25, 0.3) is 0 Å². The Balaban J connectivity index is 1.47. The van der Waals surface area contributed by atoms with Crippen molar-refractivity contribution in [3.05, 3.63) is 0 Å². The molecular formula is C20H36N2O2. The third-order valence-electron chi connectivity index (χ3n) is 6.78. The number of nitrogens with one attached hydrogen (secondary N) is 1. The molecule has 0 radical (unpaired) electrons. The second-order valence-corrected chi connectivity index (χ2v) is 8.68. The minimum absolute atomic E-state index is 0.144. The Labute approximate surface area is 147 Å². The van der Waals surface area contributed by atoms with Crippen LogP contribution in [0.4, 0.5) is 0 Å². The molecule has 0 spiro atoms. The summed E-state index contributed by atoms with van der Waals surface area (Å²) >= 11 is 0. The van der Waals surface area contributed by atoms with Crippen molar-refractivity contribution >= 4 is 5.91 Å². The molecule has 3 fully saturated rings. The van der Waals surface area contributed by atoms with Crippen LogP contribution in [0.2, 0.25) is 0 Å². The number of nitrogens with zero attached hydrogens (tertiary/aromatic N) is 1. The minimum Gasteiger partial charge on any atom is -0.391 e. The van der Waals surface area contributed by atoms with Gasteiger partial charge in [0.05, 0.1) is 6.10 Å². The van der Waals surface area contributed by atoms with E-state index in [1.54, 1.807) is 0 Å². The summed E-state index contributed by atoms with van der Waals surface area (Å²) in [6, 6.07) is 0.685. The summed E-state index contributed by atoms with van der Waals surface area (Å²) in [6.07, 6.45) is 13.5. The van der Waals surface area contributed by atoms with E-state index in [-0.39, 0.29) is 11.5 Å². The van der Waals surface area contributed by atoms with E-state index < -0.39 is 0 Å². The molecule has 0 bridgehead atoms. The van der Waals surface area contributed by atoms with Crippen molar-refractivity contribution in [1.82, 2.24) is 10.2 Å². The number of amides is 1. The Kier molecular flexibility index (Phi) is 6.20. The first kappa shape index (κ1) is 18.2. The molecule has 4 nitrogen and oxygen atoms in total. The van der Waals surface area contributed by atoms with E-state index in [2.05, 4.69) is 17.1 Å². The van der Waals surface area contributed by atoms with Crippen LogP contribution in [-0.4, -0.2) is 47.2 Å². The molecule has 4 heteroatoms. The molecule has 2 N–H and O–H groups in total. The second kappa shape index (κ2) is 8.18. The molecule has 1 aliphatic heterocycles. The lowest BCUT2D eigenvalue weighted by Crippen LogP contribution is -2.53. The van der Waals surface area contributed by atoms with Gasteiger partial charge in [-0.1, -0.05) is 45.4 Å². The zero-order chi connectivity index (χ0) is 17.0. The van der Waals surface area contributed by atoms with Gasteiger partial charge in [0, 0.05) is 30.6 Å². The third kappa shape index (κ3) is 4.32. The Morgan fingerprint density at radius 2 is 1.58 bits per heavy atom. The summed E-state index contributed by atoms with van der Waals surface area (Å²) < 4.78 is 0. The highest BCUT2D eigenvalue weighted by atomic mass is 16.3. The van der Waals surface area contributed by atoms with E-state index in [0.717, 1.165) is 51.6 Å². The van der Waals surface area contributed by atoms with E-state index in [4.69, 9.17) is 0 Å². The van der Waals surface area contributed by atoms with Gasteiger partial charge in [-0.05, 0) is 38.5 Å². The van der Waals surface area contributed by atoms with Gasteiger partial charge in [0.15, 0.2) is 0 Å². The van der Waals surface area contributed by atoms with Gasteiger partial charge >= 0.3 is 0 Å². The van der Waals surface area contributed by atoms with Gasteiger partial charge in [-0.25, -0.2) is 0 Å². The Bertz CT molecular complexity index is 410. The van der Waals surface area contributed by atoms with Crippen LogP contribution in [0.15, 0.2) is 0 Å². The molecule has 0 aromatic heterocycles. The molecule has 2 atom stereocenters. The minimum atomic E-state index is -0.146. The number of hydrogen-bond acceptors (Lipinski definition) is 3. The molecule has 138 valence electrons. The molecular weight excluding hydrogens is 300 g/mol. The largest absolute Gasteiger partial charge is 0.391 e. The molecule has 2 unspecified atom stereocenters. The second-order valence-electron chi connectivity index (χ2n) is 8.68. The van der Waals surface area contributed by atoms with Gasteiger partial charge < -0.3 is 10.4 Å².